The van der Waals surface area contributed by atoms with Crippen LogP contribution in [0.2, 0.25) is 0 Å². The number of nitrogens with one attached hydrogen (secondary N) is 1. The van der Waals surface area contributed by atoms with Crippen molar-refractivity contribution in [1.82, 2.24) is 25.5 Å². The van der Waals surface area contributed by atoms with Gasteiger partial charge in [0.25, 0.3) is 5.91 Å². The summed E-state index contributed by atoms with van der Waals surface area (Å²) in [5.74, 6) is -0.0528. The lowest BCUT2D eigenvalue weighted by Crippen LogP contribution is -2.36. The molecule has 104 valence electrons. The monoisotopic (exact) mass is 271 g/mol. The van der Waals surface area contributed by atoms with Gasteiger partial charge in [-0.1, -0.05) is 31.4 Å². The number of amides is 1. The van der Waals surface area contributed by atoms with E-state index in [1.807, 2.05) is 18.2 Å². The number of aromatic nitrogens is 4. The maximum atomic E-state index is 12.4. The minimum absolute atomic E-state index is 0.0528. The highest BCUT2D eigenvalue weighted by Gasteiger charge is 2.19. The zero-order valence-electron chi connectivity index (χ0n) is 11.2. The molecular weight excluding hydrogens is 254 g/mol. The summed E-state index contributed by atoms with van der Waals surface area (Å²) in [4.78, 5) is 12.4. The van der Waals surface area contributed by atoms with E-state index < -0.39 is 0 Å². The first-order chi connectivity index (χ1) is 9.84. The summed E-state index contributed by atoms with van der Waals surface area (Å²) < 4.78 is 1.51. The molecule has 6 heteroatoms. The first kappa shape index (κ1) is 12.8. The minimum atomic E-state index is -0.0528. The average Bonchev–Trinajstić information content (AvgIpc) is 3.02. The van der Waals surface area contributed by atoms with Crippen molar-refractivity contribution < 1.29 is 4.79 Å². The van der Waals surface area contributed by atoms with Gasteiger partial charge in [-0.2, -0.15) is 4.68 Å². The van der Waals surface area contributed by atoms with Gasteiger partial charge in [-0.3, -0.25) is 4.79 Å². The predicted molar refractivity (Wildman–Crippen MR) is 73.5 cm³/mol. The van der Waals surface area contributed by atoms with Crippen molar-refractivity contribution in [1.29, 1.82) is 0 Å². The summed E-state index contributed by atoms with van der Waals surface area (Å²) in [7, 11) is 0. The second kappa shape index (κ2) is 5.81. The Hall–Kier alpha value is -2.24. The van der Waals surface area contributed by atoms with Gasteiger partial charge < -0.3 is 5.32 Å². The summed E-state index contributed by atoms with van der Waals surface area (Å²) in [6.45, 7) is 0. The first-order valence-electron chi connectivity index (χ1n) is 6.98. The molecule has 0 bridgehead atoms. The van der Waals surface area contributed by atoms with Crippen LogP contribution in [0, 0.1) is 0 Å². The normalized spacial score (nSPS) is 16.0. The Morgan fingerprint density at radius 1 is 1.20 bits per heavy atom. The SMILES string of the molecule is O=C(NC1CCCCC1)c1ccccc1-n1cnnn1. The fourth-order valence-electron chi connectivity index (χ4n) is 2.65. The molecule has 0 aliphatic heterocycles. The summed E-state index contributed by atoms with van der Waals surface area (Å²) in [5, 5.41) is 14.2. The first-order valence-corrected chi connectivity index (χ1v) is 6.98. The molecule has 0 saturated heterocycles. The smallest absolute Gasteiger partial charge is 0.253 e. The topological polar surface area (TPSA) is 72.7 Å². The van der Waals surface area contributed by atoms with Gasteiger partial charge in [0.2, 0.25) is 0 Å². The Bertz CT molecular complexity index is 575. The van der Waals surface area contributed by atoms with Crippen LogP contribution in [-0.4, -0.2) is 32.2 Å². The van der Waals surface area contributed by atoms with Gasteiger partial charge >= 0.3 is 0 Å². The second-order valence-electron chi connectivity index (χ2n) is 5.08. The molecule has 1 aliphatic carbocycles. The Labute approximate surface area is 117 Å². The van der Waals surface area contributed by atoms with Gasteiger partial charge in [0, 0.05) is 6.04 Å². The third-order valence-electron chi connectivity index (χ3n) is 3.68. The molecule has 2 aromatic rings. The van der Waals surface area contributed by atoms with Gasteiger partial charge in [0.15, 0.2) is 0 Å². The maximum Gasteiger partial charge on any atom is 0.253 e. The van der Waals surface area contributed by atoms with Crippen LogP contribution in [0.15, 0.2) is 30.6 Å². The zero-order chi connectivity index (χ0) is 13.8. The number of hydrogen-bond acceptors (Lipinski definition) is 4. The highest BCUT2D eigenvalue weighted by atomic mass is 16.1. The maximum absolute atomic E-state index is 12.4. The molecule has 3 rings (SSSR count). The predicted octanol–water partition coefficient (Wildman–Crippen LogP) is 1.72. The van der Waals surface area contributed by atoms with E-state index in [0.717, 1.165) is 12.8 Å². The third-order valence-corrected chi connectivity index (χ3v) is 3.68. The number of benzene rings is 1. The fraction of sp³-hybridized carbons (Fsp3) is 0.429. The quantitative estimate of drug-likeness (QED) is 0.922. The largest absolute Gasteiger partial charge is 0.349 e. The second-order valence-corrected chi connectivity index (χ2v) is 5.08. The zero-order valence-corrected chi connectivity index (χ0v) is 11.2. The molecule has 0 radical (unpaired) electrons. The van der Waals surface area contributed by atoms with E-state index in [1.165, 1.54) is 30.3 Å². The minimum Gasteiger partial charge on any atom is -0.349 e. The van der Waals surface area contributed by atoms with E-state index in [0.29, 0.717) is 11.3 Å². The number of tetrazole rings is 1. The fourth-order valence-corrected chi connectivity index (χ4v) is 2.65. The Morgan fingerprint density at radius 2 is 2.00 bits per heavy atom. The molecule has 20 heavy (non-hydrogen) atoms. The molecule has 1 amide bonds. The van der Waals surface area contributed by atoms with Crippen molar-refractivity contribution in [2.24, 2.45) is 0 Å². The van der Waals surface area contributed by atoms with E-state index in [4.69, 9.17) is 0 Å². The number of carbonyl (C=O) groups excluding carboxylic acids is 1. The average molecular weight is 271 g/mol. The summed E-state index contributed by atoms with van der Waals surface area (Å²) >= 11 is 0. The number of rotatable bonds is 3. The number of carbonyl (C=O) groups is 1. The van der Waals surface area contributed by atoms with Crippen molar-refractivity contribution >= 4 is 5.91 Å². The van der Waals surface area contributed by atoms with Crippen LogP contribution in [0.4, 0.5) is 0 Å². The highest BCUT2D eigenvalue weighted by Crippen LogP contribution is 2.19. The van der Waals surface area contributed by atoms with Crippen molar-refractivity contribution in [3.63, 3.8) is 0 Å². The van der Waals surface area contributed by atoms with Gasteiger partial charge in [-0.05, 0) is 35.4 Å². The van der Waals surface area contributed by atoms with Crippen LogP contribution in [-0.2, 0) is 0 Å². The molecule has 1 saturated carbocycles. The van der Waals surface area contributed by atoms with Crippen LogP contribution in [0.5, 0.6) is 0 Å². The molecule has 1 aliphatic rings. The van der Waals surface area contributed by atoms with Gasteiger partial charge in [-0.15, -0.1) is 5.10 Å². The highest BCUT2D eigenvalue weighted by molar-refractivity contribution is 5.97. The lowest BCUT2D eigenvalue weighted by molar-refractivity contribution is 0.0927. The number of hydrogen-bond donors (Lipinski definition) is 1. The van der Waals surface area contributed by atoms with E-state index in [-0.39, 0.29) is 11.9 Å². The molecule has 1 aromatic carbocycles. The molecule has 1 heterocycles. The van der Waals surface area contributed by atoms with E-state index in [9.17, 15) is 4.79 Å². The van der Waals surface area contributed by atoms with Gasteiger partial charge in [0.1, 0.15) is 6.33 Å². The summed E-state index contributed by atoms with van der Waals surface area (Å²) in [6.07, 6.45) is 7.29. The van der Waals surface area contributed by atoms with Crippen LogP contribution in [0.3, 0.4) is 0 Å². The Kier molecular flexibility index (Phi) is 3.71. The van der Waals surface area contributed by atoms with Crippen molar-refractivity contribution in [3.8, 4) is 5.69 Å². The van der Waals surface area contributed by atoms with E-state index >= 15 is 0 Å². The number of nitrogens with zero attached hydrogens (tertiary/aromatic N) is 4. The van der Waals surface area contributed by atoms with Crippen LogP contribution in [0.25, 0.3) is 5.69 Å². The molecule has 0 unspecified atom stereocenters. The third kappa shape index (κ3) is 2.68. The Morgan fingerprint density at radius 3 is 2.75 bits per heavy atom. The van der Waals surface area contributed by atoms with Crippen LogP contribution >= 0.6 is 0 Å². The molecule has 1 aromatic heterocycles. The van der Waals surface area contributed by atoms with Crippen molar-refractivity contribution in [2.75, 3.05) is 0 Å². The van der Waals surface area contributed by atoms with E-state index in [2.05, 4.69) is 20.8 Å². The van der Waals surface area contributed by atoms with Crippen LogP contribution < -0.4 is 5.32 Å². The molecule has 1 N–H and O–H groups in total. The van der Waals surface area contributed by atoms with Gasteiger partial charge in [-0.25, -0.2) is 0 Å². The summed E-state index contributed by atoms with van der Waals surface area (Å²) in [5.41, 5.74) is 1.30. The van der Waals surface area contributed by atoms with Crippen molar-refractivity contribution in [2.45, 2.75) is 38.1 Å². The summed E-state index contributed by atoms with van der Waals surface area (Å²) in [6, 6.07) is 7.65. The lowest BCUT2D eigenvalue weighted by atomic mass is 9.95. The molecule has 6 nitrogen and oxygen atoms in total. The lowest BCUT2D eigenvalue weighted by Gasteiger charge is -2.23. The number of para-hydroxylation sites is 1. The van der Waals surface area contributed by atoms with Crippen molar-refractivity contribution in [3.05, 3.63) is 36.2 Å². The standard InChI is InChI=1S/C14H17N5O/c20-14(16-11-6-2-1-3-7-11)12-8-4-5-9-13(12)19-10-15-17-18-19/h4-5,8-11H,1-3,6-7H2,(H,16,20). The van der Waals surface area contributed by atoms with Gasteiger partial charge in [0.05, 0.1) is 11.3 Å². The van der Waals surface area contributed by atoms with E-state index in [1.54, 1.807) is 6.07 Å². The Balaban J connectivity index is 1.81. The molecule has 0 spiro atoms. The molecular formula is C14H17N5O. The molecule has 0 atom stereocenters. The molecule has 1 fully saturated rings. The van der Waals surface area contributed by atoms with Crippen LogP contribution in [0.1, 0.15) is 42.5 Å².